The number of carbonyl (C=O) groups is 2. The normalized spacial score (nSPS) is 15.1. The van der Waals surface area contributed by atoms with Gasteiger partial charge in [-0.25, -0.2) is 0 Å². The van der Waals surface area contributed by atoms with Crippen molar-refractivity contribution in [2.75, 3.05) is 13.7 Å². The zero-order chi connectivity index (χ0) is 12.8. The van der Waals surface area contributed by atoms with Crippen LogP contribution in [-0.4, -0.2) is 38.1 Å². The molecule has 0 aromatic heterocycles. The monoisotopic (exact) mass is 230 g/mol. The van der Waals surface area contributed by atoms with Crippen molar-refractivity contribution in [2.45, 2.75) is 39.8 Å². The van der Waals surface area contributed by atoms with Gasteiger partial charge in [0, 0.05) is 7.05 Å². The van der Waals surface area contributed by atoms with Crippen LogP contribution in [0.2, 0.25) is 0 Å². The van der Waals surface area contributed by atoms with Gasteiger partial charge in [-0.15, -0.1) is 0 Å². The molecule has 0 rings (SSSR count). The molecule has 0 aliphatic carbocycles. The maximum absolute atomic E-state index is 11.5. The molecule has 0 radical (unpaired) electrons. The summed E-state index contributed by atoms with van der Waals surface area (Å²) >= 11 is 0. The zero-order valence-corrected chi connectivity index (χ0v) is 10.7. The Morgan fingerprint density at radius 1 is 1.44 bits per heavy atom. The standard InChI is InChI=1S/C11H22N2O3/c1-8(16-6-11(2,3)4)9(13-7-14)10(15)12-5/h7-9H,6H2,1-5H3,(H,12,15)(H,13,14). The lowest BCUT2D eigenvalue weighted by Crippen LogP contribution is -2.50. The summed E-state index contributed by atoms with van der Waals surface area (Å²) in [5.74, 6) is -0.256. The fourth-order valence-electron chi connectivity index (χ4n) is 1.13. The van der Waals surface area contributed by atoms with Crippen LogP contribution in [0, 0.1) is 5.41 Å². The first-order valence-corrected chi connectivity index (χ1v) is 5.34. The van der Waals surface area contributed by atoms with E-state index in [0.717, 1.165) is 0 Å². The molecular formula is C11H22N2O3. The summed E-state index contributed by atoms with van der Waals surface area (Å²) in [5, 5.41) is 4.94. The van der Waals surface area contributed by atoms with Gasteiger partial charge in [0.25, 0.3) is 0 Å². The van der Waals surface area contributed by atoms with Crippen molar-refractivity contribution in [1.82, 2.24) is 10.6 Å². The summed E-state index contributed by atoms with van der Waals surface area (Å²) in [6, 6.07) is -0.648. The van der Waals surface area contributed by atoms with Crippen LogP contribution in [-0.2, 0) is 14.3 Å². The van der Waals surface area contributed by atoms with Gasteiger partial charge in [0.05, 0.1) is 12.7 Å². The van der Waals surface area contributed by atoms with Crippen LogP contribution >= 0.6 is 0 Å². The van der Waals surface area contributed by atoms with Gasteiger partial charge in [0.1, 0.15) is 6.04 Å². The summed E-state index contributed by atoms with van der Waals surface area (Å²) in [4.78, 5) is 21.8. The van der Waals surface area contributed by atoms with E-state index in [9.17, 15) is 9.59 Å². The van der Waals surface area contributed by atoms with Crippen molar-refractivity contribution in [3.8, 4) is 0 Å². The molecule has 0 saturated heterocycles. The van der Waals surface area contributed by atoms with Gasteiger partial charge in [-0.05, 0) is 12.3 Å². The molecule has 0 heterocycles. The minimum absolute atomic E-state index is 0.0304. The average Bonchev–Trinajstić information content (AvgIpc) is 2.20. The van der Waals surface area contributed by atoms with Crippen LogP contribution in [0.1, 0.15) is 27.7 Å². The molecule has 0 saturated carbocycles. The van der Waals surface area contributed by atoms with Crippen LogP contribution in [0.5, 0.6) is 0 Å². The van der Waals surface area contributed by atoms with Gasteiger partial charge in [-0.2, -0.15) is 0 Å². The minimum atomic E-state index is -0.648. The molecule has 0 bridgehead atoms. The molecule has 0 aromatic carbocycles. The molecule has 2 N–H and O–H groups in total. The van der Waals surface area contributed by atoms with Crippen molar-refractivity contribution in [3.05, 3.63) is 0 Å². The Morgan fingerprint density at radius 3 is 2.38 bits per heavy atom. The average molecular weight is 230 g/mol. The fraction of sp³-hybridized carbons (Fsp3) is 0.818. The maximum atomic E-state index is 11.5. The van der Waals surface area contributed by atoms with E-state index >= 15 is 0 Å². The summed E-state index contributed by atoms with van der Waals surface area (Å²) in [6.45, 7) is 8.43. The lowest BCUT2D eigenvalue weighted by molar-refractivity contribution is -0.129. The van der Waals surface area contributed by atoms with E-state index in [1.54, 1.807) is 6.92 Å². The highest BCUT2D eigenvalue weighted by atomic mass is 16.5. The van der Waals surface area contributed by atoms with Crippen molar-refractivity contribution >= 4 is 12.3 Å². The van der Waals surface area contributed by atoms with Crippen LogP contribution in [0.15, 0.2) is 0 Å². The van der Waals surface area contributed by atoms with Crippen molar-refractivity contribution in [3.63, 3.8) is 0 Å². The zero-order valence-electron chi connectivity index (χ0n) is 10.7. The predicted octanol–water partition coefficient (Wildman–Crippen LogP) is 0.298. The largest absolute Gasteiger partial charge is 0.375 e. The molecule has 0 aliphatic rings. The summed E-state index contributed by atoms with van der Waals surface area (Å²) in [7, 11) is 1.53. The first-order chi connectivity index (χ1) is 7.31. The number of carbonyl (C=O) groups excluding carboxylic acids is 2. The Bertz CT molecular complexity index is 236. The number of likely N-dealkylation sites (N-methyl/N-ethyl adjacent to an activating group) is 1. The number of rotatable bonds is 6. The highest BCUT2D eigenvalue weighted by Crippen LogP contribution is 2.14. The third-order valence-corrected chi connectivity index (χ3v) is 2.03. The van der Waals surface area contributed by atoms with E-state index in [-0.39, 0.29) is 17.4 Å². The summed E-state index contributed by atoms with van der Waals surface area (Å²) < 4.78 is 5.56. The molecule has 5 heteroatoms. The molecule has 2 atom stereocenters. The van der Waals surface area contributed by atoms with Gasteiger partial charge in [0.15, 0.2) is 0 Å². The van der Waals surface area contributed by atoms with Crippen LogP contribution in [0.4, 0.5) is 0 Å². The van der Waals surface area contributed by atoms with Crippen LogP contribution < -0.4 is 10.6 Å². The molecule has 5 nitrogen and oxygen atoms in total. The fourth-order valence-corrected chi connectivity index (χ4v) is 1.13. The molecule has 2 unspecified atom stereocenters. The second-order valence-electron chi connectivity index (χ2n) is 4.95. The van der Waals surface area contributed by atoms with E-state index in [0.29, 0.717) is 13.0 Å². The molecule has 2 amide bonds. The maximum Gasteiger partial charge on any atom is 0.245 e. The second kappa shape index (κ2) is 6.48. The highest BCUT2D eigenvalue weighted by molar-refractivity contribution is 5.83. The lowest BCUT2D eigenvalue weighted by Gasteiger charge is -2.26. The van der Waals surface area contributed by atoms with Gasteiger partial charge < -0.3 is 15.4 Å². The number of nitrogens with one attached hydrogen (secondary N) is 2. The first-order valence-electron chi connectivity index (χ1n) is 5.34. The lowest BCUT2D eigenvalue weighted by atomic mass is 9.98. The van der Waals surface area contributed by atoms with E-state index in [1.807, 2.05) is 20.8 Å². The topological polar surface area (TPSA) is 67.4 Å². The molecule has 0 aromatic rings. The van der Waals surface area contributed by atoms with Crippen molar-refractivity contribution in [1.29, 1.82) is 0 Å². The third kappa shape index (κ3) is 5.70. The van der Waals surface area contributed by atoms with Gasteiger partial charge >= 0.3 is 0 Å². The van der Waals surface area contributed by atoms with E-state index in [4.69, 9.17) is 4.74 Å². The molecule has 94 valence electrons. The number of amides is 2. The number of ether oxygens (including phenoxy) is 1. The first kappa shape index (κ1) is 14.9. The van der Waals surface area contributed by atoms with Crippen LogP contribution in [0.25, 0.3) is 0 Å². The summed E-state index contributed by atoms with van der Waals surface area (Å²) in [5.41, 5.74) is 0.0304. The smallest absolute Gasteiger partial charge is 0.245 e. The Kier molecular flexibility index (Phi) is 6.03. The molecule has 16 heavy (non-hydrogen) atoms. The SMILES string of the molecule is CNC(=O)C(NC=O)C(C)OCC(C)(C)C. The van der Waals surface area contributed by atoms with E-state index in [1.165, 1.54) is 7.05 Å². The molecule has 0 spiro atoms. The number of hydrogen-bond donors (Lipinski definition) is 2. The summed E-state index contributed by atoms with van der Waals surface area (Å²) in [6.07, 6.45) is 0.154. The molecule has 0 aliphatic heterocycles. The Labute approximate surface area is 96.9 Å². The van der Waals surface area contributed by atoms with E-state index < -0.39 is 6.04 Å². The Balaban J connectivity index is 4.32. The molecular weight excluding hydrogens is 208 g/mol. The Hall–Kier alpha value is -1.10. The minimum Gasteiger partial charge on any atom is -0.375 e. The predicted molar refractivity (Wildman–Crippen MR) is 61.9 cm³/mol. The van der Waals surface area contributed by atoms with Gasteiger partial charge in [-0.3, -0.25) is 9.59 Å². The number of hydrogen-bond acceptors (Lipinski definition) is 3. The quantitative estimate of drug-likeness (QED) is 0.645. The van der Waals surface area contributed by atoms with E-state index in [2.05, 4.69) is 10.6 Å². The second-order valence-corrected chi connectivity index (χ2v) is 4.95. The van der Waals surface area contributed by atoms with Crippen molar-refractivity contribution in [2.24, 2.45) is 5.41 Å². The van der Waals surface area contributed by atoms with Crippen LogP contribution in [0.3, 0.4) is 0 Å². The highest BCUT2D eigenvalue weighted by Gasteiger charge is 2.25. The molecule has 0 fully saturated rings. The van der Waals surface area contributed by atoms with Crippen molar-refractivity contribution < 1.29 is 14.3 Å². The third-order valence-electron chi connectivity index (χ3n) is 2.03. The van der Waals surface area contributed by atoms with Gasteiger partial charge in [0.2, 0.25) is 12.3 Å². The Morgan fingerprint density at radius 2 is 2.00 bits per heavy atom. The van der Waals surface area contributed by atoms with Gasteiger partial charge in [-0.1, -0.05) is 20.8 Å².